The molecule has 2 rings (SSSR count). The normalized spacial score (nSPS) is 12.9. The number of halogens is 3. The Morgan fingerprint density at radius 2 is 1.52 bits per heavy atom. The summed E-state index contributed by atoms with van der Waals surface area (Å²) in [5, 5.41) is 0. The molecule has 156 valence electrons. The Morgan fingerprint density at radius 1 is 0.966 bits per heavy atom. The van der Waals surface area contributed by atoms with Crippen molar-refractivity contribution in [1.29, 1.82) is 0 Å². The van der Waals surface area contributed by atoms with Gasteiger partial charge in [0.05, 0.1) is 10.5 Å². The fourth-order valence-electron chi connectivity index (χ4n) is 2.50. The van der Waals surface area contributed by atoms with Gasteiger partial charge in [0, 0.05) is 18.2 Å². The maximum atomic E-state index is 12.6. The second-order valence-corrected chi connectivity index (χ2v) is 8.54. The zero-order valence-electron chi connectivity index (χ0n) is 15.6. The summed E-state index contributed by atoms with van der Waals surface area (Å²) in [5.41, 5.74) is 4.36. The summed E-state index contributed by atoms with van der Waals surface area (Å²) < 4.78 is 60.6. The molecule has 0 aliphatic rings. The van der Waals surface area contributed by atoms with Crippen molar-refractivity contribution in [3.63, 3.8) is 0 Å². The first-order chi connectivity index (χ1) is 13.4. The van der Waals surface area contributed by atoms with Crippen molar-refractivity contribution in [2.45, 2.75) is 30.3 Å². The van der Waals surface area contributed by atoms with Crippen LogP contribution in [0.4, 0.5) is 13.2 Å². The molecule has 1 unspecified atom stereocenters. The molecule has 0 aliphatic carbocycles. The Morgan fingerprint density at radius 3 is 2.00 bits per heavy atom. The lowest BCUT2D eigenvalue weighted by Gasteiger charge is -2.14. The minimum Gasteiger partial charge on any atom is -0.273 e. The van der Waals surface area contributed by atoms with E-state index in [1.807, 2.05) is 0 Å². The van der Waals surface area contributed by atoms with Gasteiger partial charge in [-0.1, -0.05) is 19.1 Å². The number of hydrogen-bond acceptors (Lipinski definition) is 4. The molecule has 0 fully saturated rings. The molecule has 1 atom stereocenters. The van der Waals surface area contributed by atoms with Crippen LogP contribution >= 0.6 is 0 Å². The first-order valence-corrected chi connectivity index (χ1v) is 10.3. The zero-order chi connectivity index (χ0) is 21.8. The van der Waals surface area contributed by atoms with Gasteiger partial charge in [0.15, 0.2) is 9.84 Å². The average molecular weight is 428 g/mol. The highest BCUT2D eigenvalue weighted by molar-refractivity contribution is 7.90. The Balaban J connectivity index is 1.89. The maximum Gasteiger partial charge on any atom is 0.416 e. The molecule has 6 nitrogen and oxygen atoms in total. The van der Waals surface area contributed by atoms with Crippen LogP contribution in [0.3, 0.4) is 0 Å². The van der Waals surface area contributed by atoms with Gasteiger partial charge in [-0.3, -0.25) is 20.4 Å². The van der Waals surface area contributed by atoms with Crippen LogP contribution in [-0.4, -0.2) is 26.5 Å². The van der Waals surface area contributed by atoms with Crippen molar-refractivity contribution in [1.82, 2.24) is 10.9 Å². The number of hydrogen-bond donors (Lipinski definition) is 2. The number of carbonyl (C=O) groups is 2. The SMILES string of the molecule is CC(CC(=O)NNC(=O)c1ccc(S(C)(=O)=O)cc1)c1ccc(C(F)(F)F)cc1. The van der Waals surface area contributed by atoms with E-state index in [2.05, 4.69) is 10.9 Å². The highest BCUT2D eigenvalue weighted by Crippen LogP contribution is 2.30. The van der Waals surface area contributed by atoms with Gasteiger partial charge in [-0.2, -0.15) is 13.2 Å². The van der Waals surface area contributed by atoms with Gasteiger partial charge < -0.3 is 0 Å². The molecule has 0 heterocycles. The summed E-state index contributed by atoms with van der Waals surface area (Å²) >= 11 is 0. The monoisotopic (exact) mass is 428 g/mol. The van der Waals surface area contributed by atoms with E-state index in [4.69, 9.17) is 0 Å². The largest absolute Gasteiger partial charge is 0.416 e. The second-order valence-electron chi connectivity index (χ2n) is 6.52. The summed E-state index contributed by atoms with van der Waals surface area (Å²) in [4.78, 5) is 24.1. The number of alkyl halides is 3. The van der Waals surface area contributed by atoms with Crippen LogP contribution in [0.5, 0.6) is 0 Å². The molecule has 0 radical (unpaired) electrons. The molecule has 2 N–H and O–H groups in total. The molecule has 0 aliphatic heterocycles. The lowest BCUT2D eigenvalue weighted by Crippen LogP contribution is -2.42. The third-order valence-electron chi connectivity index (χ3n) is 4.16. The Hall–Kier alpha value is -2.88. The van der Waals surface area contributed by atoms with E-state index < -0.39 is 33.4 Å². The Kier molecular flexibility index (Phi) is 6.68. The van der Waals surface area contributed by atoms with Crippen molar-refractivity contribution in [2.75, 3.05) is 6.26 Å². The number of amides is 2. The topological polar surface area (TPSA) is 92.3 Å². The third kappa shape index (κ3) is 6.31. The summed E-state index contributed by atoms with van der Waals surface area (Å²) in [5.74, 6) is -1.54. The number of carbonyl (C=O) groups excluding carboxylic acids is 2. The summed E-state index contributed by atoms with van der Waals surface area (Å²) in [6, 6.07) is 9.69. The van der Waals surface area contributed by atoms with Gasteiger partial charge in [-0.05, 0) is 47.9 Å². The van der Waals surface area contributed by atoms with Crippen molar-refractivity contribution in [3.05, 3.63) is 65.2 Å². The molecule has 29 heavy (non-hydrogen) atoms. The molecule has 10 heteroatoms. The van der Waals surface area contributed by atoms with Crippen LogP contribution in [0, 0.1) is 0 Å². The highest BCUT2D eigenvalue weighted by atomic mass is 32.2. The number of sulfone groups is 1. The van der Waals surface area contributed by atoms with Crippen LogP contribution in [-0.2, 0) is 20.8 Å². The van der Waals surface area contributed by atoms with Crippen LogP contribution in [0.25, 0.3) is 0 Å². The van der Waals surface area contributed by atoms with E-state index in [-0.39, 0.29) is 22.8 Å². The average Bonchev–Trinajstić information content (AvgIpc) is 2.65. The minimum absolute atomic E-state index is 0.0569. The van der Waals surface area contributed by atoms with Gasteiger partial charge in [0.25, 0.3) is 5.91 Å². The molecule has 0 saturated carbocycles. The van der Waals surface area contributed by atoms with E-state index in [1.54, 1.807) is 6.92 Å². The molecule has 0 aromatic heterocycles. The van der Waals surface area contributed by atoms with Crippen molar-refractivity contribution in [3.8, 4) is 0 Å². The maximum absolute atomic E-state index is 12.6. The first-order valence-electron chi connectivity index (χ1n) is 8.44. The number of nitrogens with one attached hydrogen (secondary N) is 2. The number of benzene rings is 2. The fraction of sp³-hybridized carbons (Fsp3) is 0.263. The fourth-order valence-corrected chi connectivity index (χ4v) is 3.13. The van der Waals surface area contributed by atoms with Crippen LogP contribution in [0.2, 0.25) is 0 Å². The van der Waals surface area contributed by atoms with Gasteiger partial charge in [-0.15, -0.1) is 0 Å². The molecule has 2 amide bonds. The third-order valence-corrected chi connectivity index (χ3v) is 5.29. The second kappa shape index (κ2) is 8.64. The zero-order valence-corrected chi connectivity index (χ0v) is 16.4. The quantitative estimate of drug-likeness (QED) is 0.716. The molecule has 0 spiro atoms. The van der Waals surface area contributed by atoms with E-state index in [1.165, 1.54) is 36.4 Å². The van der Waals surface area contributed by atoms with Crippen LogP contribution < -0.4 is 10.9 Å². The standard InChI is InChI=1S/C19H19F3N2O4S/c1-12(13-3-7-15(8-4-13)19(20,21)22)11-17(25)23-24-18(26)14-5-9-16(10-6-14)29(2,27)28/h3-10,12H,11H2,1-2H3,(H,23,25)(H,24,26). The van der Waals surface area contributed by atoms with Crippen molar-refractivity contribution < 1.29 is 31.2 Å². The predicted molar refractivity (Wildman–Crippen MR) is 99.6 cm³/mol. The Bertz CT molecular complexity index is 986. The van der Waals surface area contributed by atoms with Gasteiger partial charge in [-0.25, -0.2) is 8.42 Å². The van der Waals surface area contributed by atoms with Crippen LogP contribution in [0.1, 0.15) is 40.7 Å². The van der Waals surface area contributed by atoms with Gasteiger partial charge >= 0.3 is 6.18 Å². The highest BCUT2D eigenvalue weighted by Gasteiger charge is 2.30. The minimum atomic E-state index is -4.43. The Labute approximate surface area is 166 Å². The number of hydrazine groups is 1. The molecule has 0 saturated heterocycles. The lowest BCUT2D eigenvalue weighted by molar-refractivity contribution is -0.137. The van der Waals surface area contributed by atoms with E-state index in [9.17, 15) is 31.2 Å². The summed E-state index contributed by atoms with van der Waals surface area (Å²) in [7, 11) is -3.39. The van der Waals surface area contributed by atoms with E-state index in [0.717, 1.165) is 18.4 Å². The molecule has 2 aromatic rings. The molecule has 2 aromatic carbocycles. The summed E-state index contributed by atoms with van der Waals surface area (Å²) in [6.45, 7) is 1.67. The molecule has 0 bridgehead atoms. The lowest BCUT2D eigenvalue weighted by atomic mass is 9.96. The summed E-state index contributed by atoms with van der Waals surface area (Å²) in [6.07, 6.45) is -3.44. The smallest absolute Gasteiger partial charge is 0.273 e. The first kappa shape index (κ1) is 22.4. The van der Waals surface area contributed by atoms with E-state index >= 15 is 0 Å². The van der Waals surface area contributed by atoms with Gasteiger partial charge in [0.2, 0.25) is 5.91 Å². The predicted octanol–water partition coefficient (Wildman–Crippen LogP) is 3.06. The van der Waals surface area contributed by atoms with Crippen molar-refractivity contribution >= 4 is 21.7 Å². The van der Waals surface area contributed by atoms with Gasteiger partial charge in [0.1, 0.15) is 0 Å². The van der Waals surface area contributed by atoms with E-state index in [0.29, 0.717) is 5.56 Å². The number of rotatable bonds is 5. The molecular formula is C19H19F3N2O4S. The molecular weight excluding hydrogens is 409 g/mol. The van der Waals surface area contributed by atoms with Crippen LogP contribution in [0.15, 0.2) is 53.4 Å². The van der Waals surface area contributed by atoms with Crippen molar-refractivity contribution in [2.24, 2.45) is 0 Å².